The van der Waals surface area contributed by atoms with Crippen molar-refractivity contribution in [1.82, 2.24) is 5.43 Å². The molecule has 0 aliphatic carbocycles. The summed E-state index contributed by atoms with van der Waals surface area (Å²) in [5.74, 6) is 6.19. The minimum absolute atomic E-state index is 0.177. The van der Waals surface area contributed by atoms with Gasteiger partial charge < -0.3 is 4.74 Å². The van der Waals surface area contributed by atoms with Crippen LogP contribution in [0.2, 0.25) is 0 Å². The van der Waals surface area contributed by atoms with Crippen LogP contribution in [0, 0.1) is 12.7 Å². The van der Waals surface area contributed by atoms with E-state index in [-0.39, 0.29) is 11.9 Å². The second-order valence-electron chi connectivity index (χ2n) is 4.88. The summed E-state index contributed by atoms with van der Waals surface area (Å²) in [4.78, 5) is 0. The van der Waals surface area contributed by atoms with Gasteiger partial charge in [-0.25, -0.2) is 4.39 Å². The lowest BCUT2D eigenvalue weighted by atomic mass is 9.95. The quantitative estimate of drug-likeness (QED) is 0.637. The van der Waals surface area contributed by atoms with Crippen molar-refractivity contribution >= 4 is 15.9 Å². The van der Waals surface area contributed by atoms with E-state index in [1.54, 1.807) is 13.2 Å². The van der Waals surface area contributed by atoms with E-state index >= 15 is 0 Å². The molecule has 5 heteroatoms. The van der Waals surface area contributed by atoms with Crippen molar-refractivity contribution in [1.29, 1.82) is 0 Å². The molecule has 0 bridgehead atoms. The van der Waals surface area contributed by atoms with E-state index in [0.29, 0.717) is 6.42 Å². The summed E-state index contributed by atoms with van der Waals surface area (Å²) >= 11 is 3.52. The maximum Gasteiger partial charge on any atom is 0.123 e. The van der Waals surface area contributed by atoms with Gasteiger partial charge in [0.1, 0.15) is 11.6 Å². The highest BCUT2D eigenvalue weighted by Gasteiger charge is 2.16. The summed E-state index contributed by atoms with van der Waals surface area (Å²) in [6.07, 6.45) is 0.624. The molecule has 0 saturated carbocycles. The van der Waals surface area contributed by atoms with Gasteiger partial charge in [-0.2, -0.15) is 0 Å². The van der Waals surface area contributed by atoms with Crippen LogP contribution in [0.3, 0.4) is 0 Å². The summed E-state index contributed by atoms with van der Waals surface area (Å²) in [5, 5.41) is 0. The lowest BCUT2D eigenvalue weighted by Crippen LogP contribution is -2.30. The van der Waals surface area contributed by atoms with Gasteiger partial charge in [-0.05, 0) is 60.4 Å². The third-order valence-corrected chi connectivity index (χ3v) is 4.27. The second kappa shape index (κ2) is 7.02. The van der Waals surface area contributed by atoms with Crippen LogP contribution in [-0.4, -0.2) is 7.11 Å². The number of aryl methyl sites for hydroxylation is 1. The number of hydrazine groups is 1. The Hall–Kier alpha value is -1.43. The number of hydrogen-bond donors (Lipinski definition) is 2. The van der Waals surface area contributed by atoms with E-state index < -0.39 is 0 Å². The lowest BCUT2D eigenvalue weighted by molar-refractivity contribution is 0.413. The highest BCUT2D eigenvalue weighted by Crippen LogP contribution is 2.28. The molecular formula is C16H18BrFN2O. The molecule has 2 rings (SSSR count). The molecule has 0 saturated heterocycles. The molecule has 0 spiro atoms. The van der Waals surface area contributed by atoms with Gasteiger partial charge >= 0.3 is 0 Å². The first kappa shape index (κ1) is 15.9. The largest absolute Gasteiger partial charge is 0.497 e. The molecule has 0 aromatic heterocycles. The van der Waals surface area contributed by atoms with Crippen LogP contribution in [0.25, 0.3) is 0 Å². The van der Waals surface area contributed by atoms with Crippen molar-refractivity contribution in [3.63, 3.8) is 0 Å². The van der Waals surface area contributed by atoms with Crippen molar-refractivity contribution in [2.45, 2.75) is 19.4 Å². The topological polar surface area (TPSA) is 47.3 Å². The van der Waals surface area contributed by atoms with Gasteiger partial charge in [0.25, 0.3) is 0 Å². The van der Waals surface area contributed by atoms with Gasteiger partial charge in [-0.1, -0.05) is 22.0 Å². The van der Waals surface area contributed by atoms with Gasteiger partial charge in [0.05, 0.1) is 13.2 Å². The van der Waals surface area contributed by atoms with Crippen LogP contribution >= 0.6 is 15.9 Å². The van der Waals surface area contributed by atoms with E-state index in [0.717, 1.165) is 26.9 Å². The van der Waals surface area contributed by atoms with Crippen LogP contribution in [0.15, 0.2) is 40.9 Å². The average Bonchev–Trinajstić information content (AvgIpc) is 2.49. The van der Waals surface area contributed by atoms with Crippen molar-refractivity contribution in [2.24, 2.45) is 5.84 Å². The van der Waals surface area contributed by atoms with Crippen molar-refractivity contribution in [2.75, 3.05) is 7.11 Å². The minimum atomic E-state index is -0.263. The molecule has 0 heterocycles. The molecule has 0 aliphatic heterocycles. The third-order valence-electron chi connectivity index (χ3n) is 3.49. The molecular weight excluding hydrogens is 335 g/mol. The smallest absolute Gasteiger partial charge is 0.123 e. The number of halogens is 2. The Labute approximate surface area is 132 Å². The van der Waals surface area contributed by atoms with Crippen LogP contribution in [0.1, 0.15) is 22.7 Å². The molecule has 0 aliphatic rings. The van der Waals surface area contributed by atoms with Crippen LogP contribution in [-0.2, 0) is 6.42 Å². The van der Waals surface area contributed by atoms with E-state index in [4.69, 9.17) is 10.6 Å². The molecule has 1 atom stereocenters. The molecule has 3 nitrogen and oxygen atoms in total. The van der Waals surface area contributed by atoms with E-state index in [1.165, 1.54) is 12.1 Å². The summed E-state index contributed by atoms with van der Waals surface area (Å²) in [6, 6.07) is 10.3. The van der Waals surface area contributed by atoms with Gasteiger partial charge in [0.15, 0.2) is 0 Å². The number of hydrogen-bond acceptors (Lipinski definition) is 3. The van der Waals surface area contributed by atoms with Gasteiger partial charge in [-0.3, -0.25) is 11.3 Å². The Morgan fingerprint density at radius 1 is 1.29 bits per heavy atom. The van der Waals surface area contributed by atoms with Gasteiger partial charge in [0.2, 0.25) is 0 Å². The van der Waals surface area contributed by atoms with Crippen molar-refractivity contribution in [3.05, 3.63) is 63.4 Å². The number of methoxy groups -OCH3 is 1. The Morgan fingerprint density at radius 2 is 2.05 bits per heavy atom. The first-order valence-corrected chi connectivity index (χ1v) is 7.39. The Bertz CT molecular complexity index is 634. The lowest BCUT2D eigenvalue weighted by Gasteiger charge is -2.20. The Morgan fingerprint density at radius 3 is 2.71 bits per heavy atom. The first-order chi connectivity index (χ1) is 10.0. The fourth-order valence-corrected chi connectivity index (χ4v) is 2.71. The normalized spacial score (nSPS) is 12.2. The second-order valence-corrected chi connectivity index (χ2v) is 5.74. The summed E-state index contributed by atoms with van der Waals surface area (Å²) in [7, 11) is 1.63. The van der Waals surface area contributed by atoms with Crippen LogP contribution in [0.4, 0.5) is 4.39 Å². The van der Waals surface area contributed by atoms with E-state index in [1.807, 2.05) is 25.1 Å². The molecule has 2 aromatic rings. The standard InChI is InChI=1S/C16H18BrFN2O/c1-10-3-4-12(18)9-14(10)16(20-19)8-11-7-13(21-2)5-6-15(11)17/h3-7,9,16,20H,8,19H2,1-2H3. The molecule has 0 amide bonds. The summed E-state index contributed by atoms with van der Waals surface area (Å²) in [5.41, 5.74) is 5.67. The van der Waals surface area contributed by atoms with Crippen molar-refractivity contribution in [3.8, 4) is 5.75 Å². The van der Waals surface area contributed by atoms with Gasteiger partial charge in [-0.15, -0.1) is 0 Å². The number of nitrogens with one attached hydrogen (secondary N) is 1. The zero-order valence-electron chi connectivity index (χ0n) is 12.0. The zero-order valence-corrected chi connectivity index (χ0v) is 13.6. The molecule has 3 N–H and O–H groups in total. The molecule has 0 fully saturated rings. The molecule has 0 radical (unpaired) electrons. The van der Waals surface area contributed by atoms with Crippen LogP contribution in [0.5, 0.6) is 5.75 Å². The minimum Gasteiger partial charge on any atom is -0.497 e. The maximum absolute atomic E-state index is 13.5. The molecule has 2 aromatic carbocycles. The predicted octanol–water partition coefficient (Wildman–Crippen LogP) is 3.65. The highest BCUT2D eigenvalue weighted by atomic mass is 79.9. The molecule has 112 valence electrons. The molecule has 1 unspecified atom stereocenters. The maximum atomic E-state index is 13.5. The predicted molar refractivity (Wildman–Crippen MR) is 85.6 cm³/mol. The summed E-state index contributed by atoms with van der Waals surface area (Å²) in [6.45, 7) is 1.94. The van der Waals surface area contributed by atoms with E-state index in [9.17, 15) is 4.39 Å². The number of rotatable bonds is 5. The SMILES string of the molecule is COc1ccc(Br)c(CC(NN)c2cc(F)ccc2C)c1. The Kier molecular flexibility index (Phi) is 5.33. The molecule has 21 heavy (non-hydrogen) atoms. The monoisotopic (exact) mass is 352 g/mol. The fourth-order valence-electron chi connectivity index (χ4n) is 2.30. The third kappa shape index (κ3) is 3.81. The number of nitrogens with two attached hydrogens (primary N) is 1. The number of benzene rings is 2. The Balaban J connectivity index is 2.33. The number of ether oxygens (including phenoxy) is 1. The van der Waals surface area contributed by atoms with Gasteiger partial charge in [0, 0.05) is 4.47 Å². The highest BCUT2D eigenvalue weighted by molar-refractivity contribution is 9.10. The zero-order chi connectivity index (χ0) is 15.4. The van der Waals surface area contributed by atoms with Crippen LogP contribution < -0.4 is 16.0 Å². The average molecular weight is 353 g/mol. The van der Waals surface area contributed by atoms with E-state index in [2.05, 4.69) is 21.4 Å². The van der Waals surface area contributed by atoms with Crippen molar-refractivity contribution < 1.29 is 9.13 Å². The first-order valence-electron chi connectivity index (χ1n) is 6.59. The fraction of sp³-hybridized carbons (Fsp3) is 0.250. The summed E-state index contributed by atoms with van der Waals surface area (Å²) < 4.78 is 19.7.